The first-order valence-corrected chi connectivity index (χ1v) is 8.07. The number of benzene rings is 1. The Morgan fingerprint density at radius 3 is 2.52 bits per heavy atom. The Hall–Kier alpha value is -1.92. The summed E-state index contributed by atoms with van der Waals surface area (Å²) in [6.45, 7) is 9.21. The van der Waals surface area contributed by atoms with Gasteiger partial charge in [0.25, 0.3) is 0 Å². The normalized spacial score (nSPS) is 22.2. The maximum Gasteiger partial charge on any atom is 0.241 e. The minimum Gasteiger partial charge on any atom is -0.494 e. The van der Waals surface area contributed by atoms with Crippen LogP contribution in [0.3, 0.4) is 0 Å². The molecule has 0 bridgehead atoms. The second-order valence-corrected chi connectivity index (χ2v) is 5.92. The van der Waals surface area contributed by atoms with Gasteiger partial charge in [-0.15, -0.1) is 0 Å². The van der Waals surface area contributed by atoms with Crippen LogP contribution in [-0.4, -0.2) is 46.9 Å². The molecule has 3 rings (SSSR count). The lowest BCUT2D eigenvalue weighted by Crippen LogP contribution is -2.44. The smallest absolute Gasteiger partial charge is 0.241 e. The van der Waals surface area contributed by atoms with Crippen molar-refractivity contribution >= 4 is 0 Å². The summed E-state index contributed by atoms with van der Waals surface area (Å²) >= 11 is 0. The summed E-state index contributed by atoms with van der Waals surface area (Å²) < 4.78 is 16.6. The molecule has 2 atom stereocenters. The van der Waals surface area contributed by atoms with Gasteiger partial charge in [0.2, 0.25) is 11.7 Å². The first kappa shape index (κ1) is 16.0. The molecule has 0 aliphatic carbocycles. The van der Waals surface area contributed by atoms with E-state index < -0.39 is 0 Å². The Balaban J connectivity index is 1.65. The van der Waals surface area contributed by atoms with Crippen LogP contribution in [0.2, 0.25) is 0 Å². The summed E-state index contributed by atoms with van der Waals surface area (Å²) in [5.41, 5.74) is 0.923. The summed E-state index contributed by atoms with van der Waals surface area (Å²) in [7, 11) is 0. The van der Waals surface area contributed by atoms with E-state index >= 15 is 0 Å². The van der Waals surface area contributed by atoms with E-state index in [9.17, 15) is 0 Å². The van der Waals surface area contributed by atoms with Gasteiger partial charge in [-0.25, -0.2) is 0 Å². The zero-order valence-electron chi connectivity index (χ0n) is 13.9. The van der Waals surface area contributed by atoms with Gasteiger partial charge in [-0.05, 0) is 45.0 Å². The van der Waals surface area contributed by atoms with E-state index in [2.05, 4.69) is 28.9 Å². The Kier molecular flexibility index (Phi) is 4.93. The molecule has 1 aromatic heterocycles. The molecular weight excluding hydrogens is 294 g/mol. The van der Waals surface area contributed by atoms with Gasteiger partial charge in [-0.3, -0.25) is 4.90 Å². The number of hydrogen-bond acceptors (Lipinski definition) is 6. The van der Waals surface area contributed by atoms with Crippen LogP contribution in [0.1, 0.15) is 26.7 Å². The fourth-order valence-corrected chi connectivity index (χ4v) is 2.91. The molecule has 2 heterocycles. The fraction of sp³-hybridized carbons (Fsp3) is 0.529. The number of nitrogens with zero attached hydrogens (tertiary/aromatic N) is 3. The van der Waals surface area contributed by atoms with E-state index in [0.29, 0.717) is 24.9 Å². The molecule has 1 saturated heterocycles. The third kappa shape index (κ3) is 4.09. The molecule has 0 amide bonds. The summed E-state index contributed by atoms with van der Waals surface area (Å²) in [5, 5.41) is 4.08. The molecule has 124 valence electrons. The molecule has 1 fully saturated rings. The molecule has 0 radical (unpaired) electrons. The van der Waals surface area contributed by atoms with Crippen LogP contribution in [0.15, 0.2) is 28.8 Å². The van der Waals surface area contributed by atoms with Crippen LogP contribution in [0, 0.1) is 0 Å². The molecule has 1 aliphatic rings. The van der Waals surface area contributed by atoms with Gasteiger partial charge < -0.3 is 14.0 Å². The fourth-order valence-electron chi connectivity index (χ4n) is 2.91. The minimum absolute atomic E-state index is 0.229. The number of rotatable bonds is 5. The monoisotopic (exact) mass is 317 g/mol. The van der Waals surface area contributed by atoms with Crippen molar-refractivity contribution < 1.29 is 14.0 Å². The number of ether oxygens (including phenoxy) is 2. The molecule has 0 N–H and O–H groups in total. The third-order valence-corrected chi connectivity index (χ3v) is 3.75. The number of aromatic nitrogens is 2. The molecule has 1 aromatic carbocycles. The van der Waals surface area contributed by atoms with Crippen LogP contribution in [-0.2, 0) is 11.3 Å². The predicted molar refractivity (Wildman–Crippen MR) is 86.2 cm³/mol. The number of hydrogen-bond donors (Lipinski definition) is 0. The van der Waals surface area contributed by atoms with Crippen LogP contribution in [0.4, 0.5) is 0 Å². The third-order valence-electron chi connectivity index (χ3n) is 3.75. The van der Waals surface area contributed by atoms with E-state index in [1.54, 1.807) is 0 Å². The lowest BCUT2D eigenvalue weighted by Gasteiger charge is -2.34. The standard InChI is InChI=1S/C17H23N3O3/c1-4-21-15-7-5-14(6-8-15)17-18-16(23-19-17)11-20-9-12(2)22-13(3)10-20/h5-8,12-13H,4,9-11H2,1-3H3/t12-,13+. The SMILES string of the molecule is CCOc1ccc(-c2noc(CN3C[C@@H](C)O[C@@H](C)C3)n2)cc1. The summed E-state index contributed by atoms with van der Waals surface area (Å²) in [5.74, 6) is 2.09. The van der Waals surface area contributed by atoms with Gasteiger partial charge in [-0.2, -0.15) is 4.98 Å². The van der Waals surface area contributed by atoms with Gasteiger partial charge in [0.1, 0.15) is 5.75 Å². The molecule has 2 aromatic rings. The topological polar surface area (TPSA) is 60.6 Å². The number of morpholine rings is 1. The summed E-state index contributed by atoms with van der Waals surface area (Å²) in [6.07, 6.45) is 0.458. The second-order valence-electron chi connectivity index (χ2n) is 5.92. The van der Waals surface area contributed by atoms with Crippen LogP contribution >= 0.6 is 0 Å². The van der Waals surface area contributed by atoms with E-state index in [1.807, 2.05) is 31.2 Å². The van der Waals surface area contributed by atoms with Crippen molar-refractivity contribution in [3.63, 3.8) is 0 Å². The van der Waals surface area contributed by atoms with Crippen molar-refractivity contribution in [2.24, 2.45) is 0 Å². The minimum atomic E-state index is 0.229. The molecule has 1 aliphatic heterocycles. The average Bonchev–Trinajstić information content (AvgIpc) is 2.96. The Labute approximate surface area is 136 Å². The van der Waals surface area contributed by atoms with Gasteiger partial charge in [0.15, 0.2) is 0 Å². The molecule has 0 unspecified atom stereocenters. The van der Waals surface area contributed by atoms with E-state index in [0.717, 1.165) is 24.4 Å². The predicted octanol–water partition coefficient (Wildman–Crippen LogP) is 2.74. The van der Waals surface area contributed by atoms with E-state index in [-0.39, 0.29) is 12.2 Å². The van der Waals surface area contributed by atoms with Gasteiger partial charge in [0, 0.05) is 18.7 Å². The van der Waals surface area contributed by atoms with Crippen molar-refractivity contribution in [1.29, 1.82) is 0 Å². The lowest BCUT2D eigenvalue weighted by atomic mass is 10.2. The Morgan fingerprint density at radius 1 is 1.17 bits per heavy atom. The highest BCUT2D eigenvalue weighted by atomic mass is 16.5. The molecule has 6 nitrogen and oxygen atoms in total. The lowest BCUT2D eigenvalue weighted by molar-refractivity contribution is -0.0725. The van der Waals surface area contributed by atoms with Gasteiger partial charge >= 0.3 is 0 Å². The summed E-state index contributed by atoms with van der Waals surface area (Å²) in [6, 6.07) is 7.72. The Morgan fingerprint density at radius 2 is 1.87 bits per heavy atom. The largest absolute Gasteiger partial charge is 0.494 e. The maximum atomic E-state index is 5.74. The highest BCUT2D eigenvalue weighted by Crippen LogP contribution is 2.21. The van der Waals surface area contributed by atoms with Crippen molar-refractivity contribution in [3.05, 3.63) is 30.2 Å². The zero-order chi connectivity index (χ0) is 16.2. The maximum absolute atomic E-state index is 5.74. The molecule has 23 heavy (non-hydrogen) atoms. The highest BCUT2D eigenvalue weighted by molar-refractivity contribution is 5.55. The zero-order valence-corrected chi connectivity index (χ0v) is 13.9. The van der Waals surface area contributed by atoms with Crippen molar-refractivity contribution in [3.8, 4) is 17.1 Å². The Bertz CT molecular complexity index is 616. The first-order chi connectivity index (χ1) is 11.1. The van der Waals surface area contributed by atoms with E-state index in [1.165, 1.54) is 0 Å². The molecule has 0 spiro atoms. The van der Waals surface area contributed by atoms with Gasteiger partial charge in [-0.1, -0.05) is 5.16 Å². The van der Waals surface area contributed by atoms with Crippen LogP contribution < -0.4 is 4.74 Å². The summed E-state index contributed by atoms with van der Waals surface area (Å²) in [4.78, 5) is 6.79. The second kappa shape index (κ2) is 7.10. The highest BCUT2D eigenvalue weighted by Gasteiger charge is 2.23. The van der Waals surface area contributed by atoms with Crippen LogP contribution in [0.5, 0.6) is 5.75 Å². The average molecular weight is 317 g/mol. The van der Waals surface area contributed by atoms with Crippen molar-refractivity contribution in [1.82, 2.24) is 15.0 Å². The quantitative estimate of drug-likeness (QED) is 0.845. The molecule has 0 saturated carbocycles. The molecular formula is C17H23N3O3. The van der Waals surface area contributed by atoms with Crippen molar-refractivity contribution in [2.45, 2.75) is 39.5 Å². The first-order valence-electron chi connectivity index (χ1n) is 8.07. The van der Waals surface area contributed by atoms with Gasteiger partial charge in [0.05, 0.1) is 25.4 Å². The van der Waals surface area contributed by atoms with Crippen LogP contribution in [0.25, 0.3) is 11.4 Å². The van der Waals surface area contributed by atoms with E-state index in [4.69, 9.17) is 14.0 Å². The molecule has 6 heteroatoms. The van der Waals surface area contributed by atoms with Crippen molar-refractivity contribution in [2.75, 3.05) is 19.7 Å².